The van der Waals surface area contributed by atoms with Crippen molar-refractivity contribution in [2.75, 3.05) is 13.2 Å². The lowest BCUT2D eigenvalue weighted by atomic mass is 9.58. The number of benzene rings is 2. The first-order chi connectivity index (χ1) is 19.1. The maximum atomic E-state index is 14.0. The van der Waals surface area contributed by atoms with Crippen LogP contribution in [-0.2, 0) is 25.2 Å². The molecule has 4 aromatic rings. The number of aromatic nitrogens is 5. The van der Waals surface area contributed by atoms with E-state index in [1.807, 2.05) is 29.8 Å². The summed E-state index contributed by atoms with van der Waals surface area (Å²) >= 11 is 0. The first kappa shape index (κ1) is 26.6. The molecule has 0 amide bonds. The molecule has 0 unspecified atom stereocenters. The topological polar surface area (TPSA) is 77.6 Å². The second-order valence-corrected chi connectivity index (χ2v) is 11.6. The average Bonchev–Trinajstić information content (AvgIpc) is 3.56. The van der Waals surface area contributed by atoms with Gasteiger partial charge in [0, 0.05) is 25.6 Å². The van der Waals surface area contributed by atoms with Crippen molar-refractivity contribution < 1.29 is 17.6 Å². The van der Waals surface area contributed by atoms with Crippen molar-refractivity contribution in [1.82, 2.24) is 29.6 Å². The molecule has 2 fully saturated rings. The molecular weight excluding hydrogens is 524 g/mol. The number of aryl methyl sites for hydroxylation is 1. The fraction of sp³-hybridized carbons (Fsp3) is 0.448. The fourth-order valence-corrected chi connectivity index (χ4v) is 6.15. The Morgan fingerprint density at radius 1 is 1.12 bits per heavy atom. The zero-order valence-electron chi connectivity index (χ0n) is 22.3. The summed E-state index contributed by atoms with van der Waals surface area (Å²) < 4.78 is 58.5. The number of fused-ring (bicyclic) bond motifs is 1. The summed E-state index contributed by atoms with van der Waals surface area (Å²) in [4.78, 5) is 17.8. The van der Waals surface area contributed by atoms with Crippen LogP contribution in [0.1, 0.15) is 55.1 Å². The molecular formula is C29H30F4N6O. The summed E-state index contributed by atoms with van der Waals surface area (Å²) in [6.07, 6.45) is 1.37. The summed E-state index contributed by atoms with van der Waals surface area (Å²) in [5, 5.41) is 11.4. The molecule has 6 rings (SSSR count). The molecule has 40 heavy (non-hydrogen) atoms. The van der Waals surface area contributed by atoms with Gasteiger partial charge in [0.2, 0.25) is 0 Å². The molecule has 0 saturated heterocycles. The molecule has 2 aliphatic rings. The third-order valence-corrected chi connectivity index (χ3v) is 8.51. The number of hydrogen-bond donors (Lipinski definition) is 1. The lowest BCUT2D eigenvalue weighted by molar-refractivity contribution is -0.136. The summed E-state index contributed by atoms with van der Waals surface area (Å²) in [7, 11) is 1.90. The Morgan fingerprint density at radius 2 is 1.90 bits per heavy atom. The van der Waals surface area contributed by atoms with Gasteiger partial charge in [0.05, 0.1) is 34.2 Å². The molecule has 210 valence electrons. The van der Waals surface area contributed by atoms with Crippen molar-refractivity contribution >= 4 is 10.9 Å². The molecule has 0 aliphatic heterocycles. The van der Waals surface area contributed by atoms with Crippen LogP contribution in [0.25, 0.3) is 16.6 Å². The third kappa shape index (κ3) is 4.49. The SMILES string of the molecule is CC1CC(c2cccc(-n3cnc4c(C(F)(F)F)cc(CNCC5(CF)CC5)cc4c3=O)c2)(c2nncn2C)C1. The molecule has 1 N–H and O–H groups in total. The highest BCUT2D eigenvalue weighted by atomic mass is 19.4. The zero-order valence-corrected chi connectivity index (χ0v) is 22.3. The predicted octanol–water partition coefficient (Wildman–Crippen LogP) is 5.09. The Morgan fingerprint density at radius 3 is 2.52 bits per heavy atom. The molecule has 0 spiro atoms. The van der Waals surface area contributed by atoms with Crippen LogP contribution in [0, 0.1) is 11.3 Å². The van der Waals surface area contributed by atoms with Gasteiger partial charge in [-0.3, -0.25) is 13.8 Å². The van der Waals surface area contributed by atoms with Gasteiger partial charge in [0.25, 0.3) is 5.56 Å². The van der Waals surface area contributed by atoms with Crippen LogP contribution < -0.4 is 10.9 Å². The van der Waals surface area contributed by atoms with Gasteiger partial charge in [-0.25, -0.2) is 4.98 Å². The second kappa shape index (κ2) is 9.50. The van der Waals surface area contributed by atoms with Gasteiger partial charge in [-0.15, -0.1) is 10.2 Å². The van der Waals surface area contributed by atoms with Gasteiger partial charge in [0.1, 0.15) is 18.5 Å². The molecule has 2 aromatic carbocycles. The van der Waals surface area contributed by atoms with Crippen LogP contribution in [0.4, 0.5) is 17.6 Å². The summed E-state index contributed by atoms with van der Waals surface area (Å²) in [5.74, 6) is 1.32. The van der Waals surface area contributed by atoms with Crippen molar-refractivity contribution in [1.29, 1.82) is 0 Å². The lowest BCUT2D eigenvalue weighted by Gasteiger charge is -2.46. The Hall–Kier alpha value is -3.60. The maximum absolute atomic E-state index is 14.0. The first-order valence-corrected chi connectivity index (χ1v) is 13.4. The Kier molecular flexibility index (Phi) is 6.32. The minimum absolute atomic E-state index is 0.0863. The largest absolute Gasteiger partial charge is 0.418 e. The minimum Gasteiger partial charge on any atom is -0.320 e. The molecule has 0 radical (unpaired) electrons. The van der Waals surface area contributed by atoms with Crippen LogP contribution >= 0.6 is 0 Å². The highest BCUT2D eigenvalue weighted by Crippen LogP contribution is 2.51. The third-order valence-electron chi connectivity index (χ3n) is 8.51. The van der Waals surface area contributed by atoms with E-state index in [9.17, 15) is 22.4 Å². The van der Waals surface area contributed by atoms with Crippen molar-refractivity contribution in [2.24, 2.45) is 18.4 Å². The quantitative estimate of drug-likeness (QED) is 0.307. The van der Waals surface area contributed by atoms with E-state index in [4.69, 9.17) is 0 Å². The number of nitrogens with zero attached hydrogens (tertiary/aromatic N) is 5. The van der Waals surface area contributed by atoms with Gasteiger partial charge in [-0.2, -0.15) is 13.2 Å². The summed E-state index contributed by atoms with van der Waals surface area (Å²) in [5.41, 5.74) is -0.957. The Bertz CT molecular complexity index is 1630. The Balaban J connectivity index is 1.41. The molecule has 0 atom stereocenters. The monoisotopic (exact) mass is 554 g/mol. The van der Waals surface area contributed by atoms with E-state index >= 15 is 0 Å². The smallest absolute Gasteiger partial charge is 0.320 e. The van der Waals surface area contributed by atoms with E-state index in [1.54, 1.807) is 12.4 Å². The number of halogens is 4. The maximum Gasteiger partial charge on any atom is 0.418 e. The zero-order chi connectivity index (χ0) is 28.3. The van der Waals surface area contributed by atoms with Crippen LogP contribution in [0.5, 0.6) is 0 Å². The van der Waals surface area contributed by atoms with E-state index in [2.05, 4.69) is 27.4 Å². The van der Waals surface area contributed by atoms with Crippen LogP contribution in [0.3, 0.4) is 0 Å². The number of rotatable bonds is 8. The van der Waals surface area contributed by atoms with Crippen LogP contribution in [0.2, 0.25) is 0 Å². The highest BCUT2D eigenvalue weighted by Gasteiger charge is 2.48. The molecule has 7 nitrogen and oxygen atoms in total. The predicted molar refractivity (Wildman–Crippen MR) is 142 cm³/mol. The van der Waals surface area contributed by atoms with E-state index in [0.29, 0.717) is 23.7 Å². The molecule has 2 aliphatic carbocycles. The Labute approximate surface area is 228 Å². The van der Waals surface area contributed by atoms with Crippen LogP contribution in [-0.4, -0.2) is 37.5 Å². The van der Waals surface area contributed by atoms with Crippen molar-refractivity contribution in [2.45, 2.75) is 50.7 Å². The summed E-state index contributed by atoms with van der Waals surface area (Å²) in [6, 6.07) is 9.92. The van der Waals surface area contributed by atoms with E-state index in [-0.39, 0.29) is 22.9 Å². The van der Waals surface area contributed by atoms with Gasteiger partial charge in [-0.05, 0) is 67.0 Å². The number of alkyl halides is 4. The average molecular weight is 555 g/mol. The fourth-order valence-electron chi connectivity index (χ4n) is 6.15. The molecule has 0 bridgehead atoms. The second-order valence-electron chi connectivity index (χ2n) is 11.6. The van der Waals surface area contributed by atoms with Crippen molar-refractivity contribution in [3.05, 3.63) is 81.9 Å². The van der Waals surface area contributed by atoms with Crippen molar-refractivity contribution in [3.63, 3.8) is 0 Å². The molecule has 11 heteroatoms. The standard InChI is InChI=1S/C29H30F4N6O/c1-18-11-28(12-18,26-37-36-17-38(26)2)20-4-3-5-21(10-20)39-16-35-24-22(25(39)40)8-19(9-23(24)29(31,32)33)13-34-15-27(14-30)6-7-27/h3-5,8-10,16-18,34H,6-7,11-15H2,1-2H3. The van der Waals surface area contributed by atoms with Gasteiger partial charge < -0.3 is 9.88 Å². The van der Waals surface area contributed by atoms with Gasteiger partial charge in [-0.1, -0.05) is 19.1 Å². The minimum atomic E-state index is -4.69. The first-order valence-electron chi connectivity index (χ1n) is 13.4. The van der Waals surface area contributed by atoms with Crippen LogP contribution in [0.15, 0.2) is 53.8 Å². The highest BCUT2D eigenvalue weighted by molar-refractivity contribution is 5.82. The number of nitrogens with one attached hydrogen (secondary N) is 1. The molecule has 2 heterocycles. The van der Waals surface area contributed by atoms with Gasteiger partial charge in [0.15, 0.2) is 0 Å². The van der Waals surface area contributed by atoms with E-state index < -0.39 is 29.4 Å². The summed E-state index contributed by atoms with van der Waals surface area (Å²) in [6.45, 7) is 2.17. The molecule has 2 saturated carbocycles. The van der Waals surface area contributed by atoms with Crippen molar-refractivity contribution in [3.8, 4) is 5.69 Å². The number of hydrogen-bond acceptors (Lipinski definition) is 5. The van der Waals surface area contributed by atoms with E-state index in [0.717, 1.165) is 49.5 Å². The van der Waals surface area contributed by atoms with E-state index in [1.165, 1.54) is 10.6 Å². The lowest BCUT2D eigenvalue weighted by Crippen LogP contribution is -2.43. The molecule has 2 aromatic heterocycles. The van der Waals surface area contributed by atoms with Gasteiger partial charge >= 0.3 is 6.18 Å². The normalized spacial score (nSPS) is 21.9.